The molecule has 4 aromatic carbocycles. The molecule has 1 fully saturated rings. The molecule has 0 saturated carbocycles. The number of piperazine rings is 1. The highest BCUT2D eigenvalue weighted by Gasteiger charge is 2.23. The number of carbonyl (C=O) groups excluding carboxylic acids is 1. The van der Waals surface area contributed by atoms with E-state index < -0.39 is 9.84 Å². The third kappa shape index (κ3) is 58.7. The van der Waals surface area contributed by atoms with Gasteiger partial charge in [-0.05, 0) is 12.5 Å². The van der Waals surface area contributed by atoms with Crippen molar-refractivity contribution in [2.75, 3.05) is 74.2 Å². The van der Waals surface area contributed by atoms with E-state index in [1.54, 1.807) is 28.4 Å². The Labute approximate surface area is 313 Å². The summed E-state index contributed by atoms with van der Waals surface area (Å²) in [4.78, 5) is 16.1. The molecule has 1 heterocycles. The minimum Gasteiger partial charge on any atom is -0.388 e. The first-order chi connectivity index (χ1) is 24.2. The molecule has 4 aromatic rings. The van der Waals surface area contributed by atoms with E-state index in [4.69, 9.17) is 0 Å². The fraction of sp³-hybridized carbons (Fsp3) is 0.419. The first-order valence-electron chi connectivity index (χ1n) is 17.1. The van der Waals surface area contributed by atoms with Crippen LogP contribution >= 0.6 is 0 Å². The summed E-state index contributed by atoms with van der Waals surface area (Å²) < 4.78 is 27.8. The zero-order valence-corrected chi connectivity index (χ0v) is 34.6. The standard InChI is InChI=1S/C11H22N2O.4C6H6.C2H6O2S.2C2H6O.C2H6/c1-11(2,3)9-10(14)13-7-5-12(4)6-8-13;4*1-2-4-6-5-3-1;1-5(2,3)4;2*1-3-2;1-2/h5-9H2,1-4H3;4*1-6H;1-2H3;2*1-2H3;1-2H3. The van der Waals surface area contributed by atoms with Crippen LogP contribution in [-0.2, 0) is 24.1 Å². The van der Waals surface area contributed by atoms with E-state index in [9.17, 15) is 13.2 Å². The van der Waals surface area contributed by atoms with Crippen molar-refractivity contribution in [1.29, 1.82) is 0 Å². The van der Waals surface area contributed by atoms with E-state index in [2.05, 4.69) is 42.2 Å². The van der Waals surface area contributed by atoms with Gasteiger partial charge in [-0.1, -0.05) is 180 Å². The number of benzene rings is 4. The smallest absolute Gasteiger partial charge is 0.223 e. The van der Waals surface area contributed by atoms with E-state index in [1.165, 1.54) is 0 Å². The summed E-state index contributed by atoms with van der Waals surface area (Å²) in [6, 6.07) is 48.0. The molecule has 1 aliphatic heterocycles. The van der Waals surface area contributed by atoms with Gasteiger partial charge in [0.2, 0.25) is 5.91 Å². The van der Waals surface area contributed by atoms with Crippen molar-refractivity contribution < 1.29 is 22.7 Å². The Morgan fingerprint density at radius 2 is 0.667 bits per heavy atom. The Balaban J connectivity index is -0.000000259. The second-order valence-corrected chi connectivity index (χ2v) is 14.3. The fourth-order valence-corrected chi connectivity index (χ4v) is 3.16. The number of hydrogen-bond acceptors (Lipinski definition) is 6. The molecule has 0 aliphatic carbocycles. The quantitative estimate of drug-likeness (QED) is 0.195. The number of amides is 1. The first-order valence-corrected chi connectivity index (χ1v) is 19.4. The molecule has 1 amide bonds. The fourth-order valence-electron chi connectivity index (χ4n) is 3.16. The minimum absolute atomic E-state index is 0.112. The van der Waals surface area contributed by atoms with E-state index in [1.807, 2.05) is 164 Å². The van der Waals surface area contributed by atoms with Crippen molar-refractivity contribution in [2.45, 2.75) is 41.0 Å². The number of rotatable bonds is 1. The normalized spacial score (nSPS) is 11.2. The molecule has 0 atom stereocenters. The van der Waals surface area contributed by atoms with Crippen LogP contribution in [0.25, 0.3) is 0 Å². The van der Waals surface area contributed by atoms with Crippen molar-refractivity contribution in [3.05, 3.63) is 146 Å². The summed E-state index contributed by atoms with van der Waals surface area (Å²) in [5.74, 6) is 0.311. The number of carbonyl (C=O) groups is 1. The molecular weight excluding hydrogens is 657 g/mol. The molecule has 5 rings (SSSR count). The van der Waals surface area contributed by atoms with Gasteiger partial charge in [0.1, 0.15) is 9.84 Å². The van der Waals surface area contributed by atoms with Crippen LogP contribution < -0.4 is 0 Å². The predicted octanol–water partition coefficient (Wildman–Crippen LogP) is 9.16. The van der Waals surface area contributed by atoms with Crippen LogP contribution in [0.15, 0.2) is 146 Å². The third-order valence-corrected chi connectivity index (χ3v) is 5.20. The van der Waals surface area contributed by atoms with Gasteiger partial charge in [0.15, 0.2) is 0 Å². The largest absolute Gasteiger partial charge is 0.388 e. The third-order valence-electron chi connectivity index (χ3n) is 5.20. The summed E-state index contributed by atoms with van der Waals surface area (Å²) in [5, 5.41) is 0. The zero-order chi connectivity index (χ0) is 39.7. The summed E-state index contributed by atoms with van der Waals surface area (Å²) in [6.07, 6.45) is 2.98. The SMILES string of the molecule is CC.CN1CCN(C(=O)CC(C)(C)C)CC1.COC.COC.CS(C)(=O)=O.c1ccccc1.c1ccccc1.c1ccccc1.c1ccccc1. The van der Waals surface area contributed by atoms with Gasteiger partial charge < -0.3 is 19.3 Å². The van der Waals surface area contributed by atoms with Crippen molar-refractivity contribution in [3.8, 4) is 0 Å². The summed E-state index contributed by atoms with van der Waals surface area (Å²) in [6.45, 7) is 14.1. The topological polar surface area (TPSA) is 76.2 Å². The summed E-state index contributed by atoms with van der Waals surface area (Å²) in [7, 11) is 5.94. The van der Waals surface area contributed by atoms with E-state index >= 15 is 0 Å². The Hall–Kier alpha value is -3.82. The maximum absolute atomic E-state index is 11.8. The molecule has 0 unspecified atom stereocenters. The number of nitrogens with zero attached hydrogens (tertiary/aromatic N) is 2. The van der Waals surface area contributed by atoms with Gasteiger partial charge in [-0.3, -0.25) is 4.79 Å². The second-order valence-electron chi connectivity index (χ2n) is 12.0. The lowest BCUT2D eigenvalue weighted by Gasteiger charge is -2.34. The molecule has 288 valence electrons. The lowest BCUT2D eigenvalue weighted by atomic mass is 9.91. The van der Waals surface area contributed by atoms with E-state index in [0.29, 0.717) is 12.3 Å². The average Bonchev–Trinajstić information content (AvgIpc) is 3.13. The van der Waals surface area contributed by atoms with Gasteiger partial charge in [0.25, 0.3) is 0 Å². The first kappa shape index (κ1) is 54.0. The van der Waals surface area contributed by atoms with E-state index in [0.717, 1.165) is 38.7 Å². The van der Waals surface area contributed by atoms with Crippen LogP contribution in [0.1, 0.15) is 41.0 Å². The van der Waals surface area contributed by atoms with Crippen LogP contribution in [0, 0.1) is 5.41 Å². The number of likely N-dealkylation sites (N-methyl/N-ethyl adjacent to an activating group) is 1. The minimum atomic E-state index is -2.67. The molecule has 0 radical (unpaired) electrons. The highest BCUT2D eigenvalue weighted by atomic mass is 32.2. The van der Waals surface area contributed by atoms with Gasteiger partial charge >= 0.3 is 0 Å². The molecule has 7 nitrogen and oxygen atoms in total. The van der Waals surface area contributed by atoms with Crippen molar-refractivity contribution in [3.63, 3.8) is 0 Å². The maximum Gasteiger partial charge on any atom is 0.223 e. The molecule has 0 bridgehead atoms. The Morgan fingerprint density at radius 1 is 0.510 bits per heavy atom. The monoisotopic (exact) mass is 727 g/mol. The number of methoxy groups -OCH3 is 2. The average molecular weight is 727 g/mol. The Kier molecular flexibility index (Phi) is 43.0. The van der Waals surface area contributed by atoms with Crippen molar-refractivity contribution >= 4 is 15.7 Å². The predicted molar refractivity (Wildman–Crippen MR) is 222 cm³/mol. The highest BCUT2D eigenvalue weighted by molar-refractivity contribution is 7.89. The van der Waals surface area contributed by atoms with Gasteiger partial charge in [-0.25, -0.2) is 8.42 Å². The maximum atomic E-state index is 11.8. The molecule has 1 aliphatic rings. The second kappa shape index (κ2) is 40.6. The van der Waals surface area contributed by atoms with Crippen LogP contribution in [-0.4, -0.2) is 98.3 Å². The van der Waals surface area contributed by atoms with Crippen LogP contribution in [0.4, 0.5) is 0 Å². The zero-order valence-electron chi connectivity index (χ0n) is 33.7. The highest BCUT2D eigenvalue weighted by Crippen LogP contribution is 2.20. The Morgan fingerprint density at radius 3 is 0.804 bits per heavy atom. The van der Waals surface area contributed by atoms with E-state index in [-0.39, 0.29) is 5.41 Å². The lowest BCUT2D eigenvalue weighted by molar-refractivity contribution is -0.134. The van der Waals surface area contributed by atoms with Gasteiger partial charge in [-0.2, -0.15) is 0 Å². The molecule has 0 N–H and O–H groups in total. The van der Waals surface area contributed by atoms with Crippen LogP contribution in [0.5, 0.6) is 0 Å². The number of sulfone groups is 1. The van der Waals surface area contributed by atoms with Crippen molar-refractivity contribution in [2.24, 2.45) is 5.41 Å². The molecule has 0 aromatic heterocycles. The molecule has 51 heavy (non-hydrogen) atoms. The van der Waals surface area contributed by atoms with Gasteiger partial charge in [0.05, 0.1) is 0 Å². The molecule has 0 spiro atoms. The summed E-state index contributed by atoms with van der Waals surface area (Å²) in [5.41, 5.74) is 0.112. The molecular formula is C43H70N2O5S. The Bertz CT molecular complexity index is 1020. The number of hydrogen-bond donors (Lipinski definition) is 0. The number of ether oxygens (including phenoxy) is 2. The lowest BCUT2D eigenvalue weighted by Crippen LogP contribution is -2.47. The van der Waals surface area contributed by atoms with Crippen LogP contribution in [0.2, 0.25) is 0 Å². The molecule has 1 saturated heterocycles. The van der Waals surface area contributed by atoms with Crippen LogP contribution in [0.3, 0.4) is 0 Å². The van der Waals surface area contributed by atoms with Crippen molar-refractivity contribution in [1.82, 2.24) is 9.80 Å². The summed E-state index contributed by atoms with van der Waals surface area (Å²) >= 11 is 0. The molecule has 8 heteroatoms. The van der Waals surface area contributed by atoms with Gasteiger partial charge in [-0.15, -0.1) is 0 Å². The van der Waals surface area contributed by atoms with Gasteiger partial charge in [0, 0.05) is 73.6 Å².